The summed E-state index contributed by atoms with van der Waals surface area (Å²) in [6, 6.07) is 3.38. The van der Waals surface area contributed by atoms with Gasteiger partial charge in [-0.25, -0.2) is 14.4 Å². The molecule has 1 N–H and O–H groups in total. The normalized spacial score (nSPS) is 11.6. The number of nitrogens with zero attached hydrogens (tertiary/aromatic N) is 7. The topological polar surface area (TPSA) is 125 Å². The van der Waals surface area contributed by atoms with Crippen molar-refractivity contribution in [2.45, 2.75) is 46.0 Å². The van der Waals surface area contributed by atoms with Crippen LogP contribution in [0.3, 0.4) is 0 Å². The van der Waals surface area contributed by atoms with Crippen molar-refractivity contribution >= 4 is 17.4 Å². The third-order valence-corrected chi connectivity index (χ3v) is 5.23. The number of rotatable bonds is 7. The molecule has 176 valence electrons. The second-order valence-corrected chi connectivity index (χ2v) is 8.97. The molecule has 10 nitrogen and oxygen atoms in total. The molecule has 0 fully saturated rings. The molecule has 0 saturated heterocycles. The minimum Gasteiger partial charge on any atom is -0.331 e. The number of hydrogen-bond donors (Lipinski definition) is 1. The van der Waals surface area contributed by atoms with E-state index in [0.717, 1.165) is 0 Å². The van der Waals surface area contributed by atoms with Crippen LogP contribution in [-0.2, 0) is 18.9 Å². The molecule has 0 aliphatic heterocycles. The summed E-state index contributed by atoms with van der Waals surface area (Å²) in [4.78, 5) is 29.2. The van der Waals surface area contributed by atoms with Gasteiger partial charge in [0.25, 0.3) is 5.89 Å². The molecular formula is C23H25FN8O2. The summed E-state index contributed by atoms with van der Waals surface area (Å²) in [5.41, 5.74) is 1.75. The Hall–Kier alpha value is -4.02. The Morgan fingerprint density at radius 1 is 1.21 bits per heavy atom. The molecule has 1 aromatic carbocycles. The molecule has 34 heavy (non-hydrogen) atoms. The predicted octanol–water partition coefficient (Wildman–Crippen LogP) is 3.96. The minimum atomic E-state index is -0.448. The summed E-state index contributed by atoms with van der Waals surface area (Å²) in [6.07, 6.45) is 5.17. The maximum Gasteiger partial charge on any atom is 0.294 e. The van der Waals surface area contributed by atoms with E-state index in [1.165, 1.54) is 6.33 Å². The van der Waals surface area contributed by atoms with Crippen molar-refractivity contribution in [3.63, 3.8) is 0 Å². The number of halogens is 1. The molecule has 0 radical (unpaired) electrons. The molecule has 0 bridgehead atoms. The number of aromatic nitrogens is 7. The van der Waals surface area contributed by atoms with Crippen LogP contribution in [0.25, 0.3) is 11.4 Å². The van der Waals surface area contributed by atoms with Crippen LogP contribution in [0.15, 0.2) is 35.4 Å². The fourth-order valence-electron chi connectivity index (χ4n) is 3.27. The smallest absolute Gasteiger partial charge is 0.294 e. The number of hydrogen-bond acceptors (Lipinski definition) is 9. The Balaban J connectivity index is 1.48. The van der Waals surface area contributed by atoms with Crippen LogP contribution in [0.4, 0.5) is 16.0 Å². The zero-order valence-corrected chi connectivity index (χ0v) is 19.6. The van der Waals surface area contributed by atoms with Gasteiger partial charge in [0.2, 0.25) is 11.7 Å². The number of ketones is 1. The molecule has 0 amide bonds. The van der Waals surface area contributed by atoms with E-state index in [9.17, 15) is 4.79 Å². The quantitative estimate of drug-likeness (QED) is 0.405. The first-order chi connectivity index (χ1) is 16.1. The van der Waals surface area contributed by atoms with Crippen molar-refractivity contribution in [2.24, 2.45) is 7.05 Å². The largest absolute Gasteiger partial charge is 0.331 e. The molecule has 11 heteroatoms. The zero-order valence-electron chi connectivity index (χ0n) is 19.6. The summed E-state index contributed by atoms with van der Waals surface area (Å²) in [5, 5.41) is 11.0. The Kier molecular flexibility index (Phi) is 6.18. The molecule has 4 rings (SSSR count). The second kappa shape index (κ2) is 9.08. The zero-order chi connectivity index (χ0) is 24.5. The van der Waals surface area contributed by atoms with Gasteiger partial charge >= 0.3 is 0 Å². The highest BCUT2D eigenvalue weighted by atomic mass is 19.1. The van der Waals surface area contributed by atoms with Crippen molar-refractivity contribution in [3.8, 4) is 11.4 Å². The molecule has 0 spiro atoms. The standard InChI is InChI=1S/C23H25FN8O2/c1-13-14(7-9-17(33)20-30-21(31-34-20)23(2,3)4)6-8-16(18(13)24)19-25-12-26-22(29-19)28-15-10-27-32(5)11-15/h6,8,10-12H,7,9H2,1-5H3,(H,25,26,28,29). The van der Waals surface area contributed by atoms with Gasteiger partial charge in [-0.05, 0) is 30.5 Å². The fraction of sp³-hybridized carbons (Fsp3) is 0.348. The monoisotopic (exact) mass is 464 g/mol. The second-order valence-electron chi connectivity index (χ2n) is 8.97. The molecule has 4 aromatic rings. The predicted molar refractivity (Wildman–Crippen MR) is 122 cm³/mol. The first-order valence-electron chi connectivity index (χ1n) is 10.7. The lowest BCUT2D eigenvalue weighted by molar-refractivity contribution is 0.0940. The van der Waals surface area contributed by atoms with E-state index < -0.39 is 5.82 Å². The van der Waals surface area contributed by atoms with E-state index in [2.05, 4.69) is 35.5 Å². The molecule has 0 aliphatic rings. The summed E-state index contributed by atoms with van der Waals surface area (Å²) in [5.74, 6) is 0.187. The van der Waals surface area contributed by atoms with Crippen molar-refractivity contribution in [2.75, 3.05) is 5.32 Å². The molecule has 3 aromatic heterocycles. The Labute approximate surface area is 195 Å². The molecule has 0 saturated carbocycles. The first-order valence-corrected chi connectivity index (χ1v) is 10.7. The number of carbonyl (C=O) groups is 1. The number of benzene rings is 1. The number of nitrogens with one attached hydrogen (secondary N) is 1. The van der Waals surface area contributed by atoms with Crippen LogP contribution in [0.5, 0.6) is 0 Å². The van der Waals surface area contributed by atoms with Crippen LogP contribution < -0.4 is 5.32 Å². The molecule has 0 unspecified atom stereocenters. The van der Waals surface area contributed by atoms with Crippen LogP contribution in [-0.4, -0.2) is 40.7 Å². The maximum absolute atomic E-state index is 15.2. The third-order valence-electron chi connectivity index (χ3n) is 5.23. The van der Waals surface area contributed by atoms with Gasteiger partial charge in [0.15, 0.2) is 11.6 Å². The van der Waals surface area contributed by atoms with Crippen LogP contribution in [0.2, 0.25) is 0 Å². The van der Waals surface area contributed by atoms with E-state index in [1.54, 1.807) is 43.2 Å². The number of Topliss-reactive ketones (excluding diaryl/α,β-unsaturated/α-hetero) is 1. The van der Waals surface area contributed by atoms with Gasteiger partial charge in [-0.3, -0.25) is 9.48 Å². The Morgan fingerprint density at radius 2 is 2.00 bits per heavy atom. The lowest BCUT2D eigenvalue weighted by Gasteiger charge is -2.11. The molecule has 3 heterocycles. The van der Waals surface area contributed by atoms with Gasteiger partial charge in [0, 0.05) is 25.1 Å². The summed E-state index contributed by atoms with van der Waals surface area (Å²) >= 11 is 0. The molecular weight excluding hydrogens is 439 g/mol. The summed E-state index contributed by atoms with van der Waals surface area (Å²) < 4.78 is 22.0. The highest BCUT2D eigenvalue weighted by molar-refractivity contribution is 5.91. The number of anilines is 2. The van der Waals surface area contributed by atoms with Crippen molar-refractivity contribution < 1.29 is 13.7 Å². The van der Waals surface area contributed by atoms with Crippen molar-refractivity contribution in [1.29, 1.82) is 0 Å². The van der Waals surface area contributed by atoms with Crippen LogP contribution in [0, 0.1) is 12.7 Å². The number of carbonyl (C=O) groups excluding carboxylic acids is 1. The van der Waals surface area contributed by atoms with E-state index in [4.69, 9.17) is 4.52 Å². The lowest BCUT2D eigenvalue weighted by atomic mass is 9.96. The maximum atomic E-state index is 15.2. The van der Waals surface area contributed by atoms with Gasteiger partial charge in [0.05, 0.1) is 17.4 Å². The van der Waals surface area contributed by atoms with Gasteiger partial charge in [-0.15, -0.1) is 0 Å². The molecule has 0 atom stereocenters. The van der Waals surface area contributed by atoms with Crippen molar-refractivity contribution in [3.05, 3.63) is 59.5 Å². The summed E-state index contributed by atoms with van der Waals surface area (Å²) in [6.45, 7) is 7.47. The highest BCUT2D eigenvalue weighted by Crippen LogP contribution is 2.26. The minimum absolute atomic E-state index is 0.0292. The Morgan fingerprint density at radius 3 is 2.68 bits per heavy atom. The van der Waals surface area contributed by atoms with Gasteiger partial charge in [-0.2, -0.15) is 15.1 Å². The number of aryl methyl sites for hydroxylation is 2. The lowest BCUT2D eigenvalue weighted by Crippen LogP contribution is -2.13. The van der Waals surface area contributed by atoms with Crippen LogP contribution in [0.1, 0.15) is 54.8 Å². The highest BCUT2D eigenvalue weighted by Gasteiger charge is 2.24. The third kappa shape index (κ3) is 4.98. The van der Waals surface area contributed by atoms with Gasteiger partial charge < -0.3 is 9.84 Å². The van der Waals surface area contributed by atoms with Gasteiger partial charge in [-0.1, -0.05) is 32.0 Å². The van der Waals surface area contributed by atoms with Crippen LogP contribution >= 0.6 is 0 Å². The SMILES string of the molecule is Cc1c(CCC(=O)c2nc(C(C)(C)C)no2)ccc(-c2ncnc(Nc3cnn(C)c3)n2)c1F. The first kappa shape index (κ1) is 23.1. The Bertz CT molecular complexity index is 1340. The van der Waals surface area contributed by atoms with E-state index in [1.807, 2.05) is 20.8 Å². The summed E-state index contributed by atoms with van der Waals surface area (Å²) in [7, 11) is 1.79. The average molecular weight is 465 g/mol. The van der Waals surface area contributed by atoms with E-state index in [0.29, 0.717) is 29.1 Å². The van der Waals surface area contributed by atoms with Crippen molar-refractivity contribution in [1.82, 2.24) is 34.9 Å². The van der Waals surface area contributed by atoms with Gasteiger partial charge in [0.1, 0.15) is 12.1 Å². The fourth-order valence-corrected chi connectivity index (χ4v) is 3.27. The molecule has 0 aliphatic carbocycles. The van der Waals surface area contributed by atoms with E-state index >= 15 is 4.39 Å². The van der Waals surface area contributed by atoms with E-state index in [-0.39, 0.29) is 40.8 Å². The average Bonchev–Trinajstić information content (AvgIpc) is 3.44.